The van der Waals surface area contributed by atoms with Gasteiger partial charge in [0.2, 0.25) is 0 Å². The zero-order valence-corrected chi connectivity index (χ0v) is 13.1. The molecule has 1 aromatic rings. The van der Waals surface area contributed by atoms with Gasteiger partial charge in [-0.15, -0.1) is 0 Å². The van der Waals surface area contributed by atoms with Gasteiger partial charge in [0.1, 0.15) is 5.41 Å². The molecule has 1 rings (SSSR count). The van der Waals surface area contributed by atoms with E-state index >= 15 is 0 Å². The molecule has 0 aromatic heterocycles. The van der Waals surface area contributed by atoms with Crippen LogP contribution in [0.3, 0.4) is 0 Å². The molecule has 0 saturated carbocycles. The Labute approximate surface area is 122 Å². The summed E-state index contributed by atoms with van der Waals surface area (Å²) in [5.74, 6) is 0.205. The Balaban J connectivity index is 3.21. The van der Waals surface area contributed by atoms with Crippen LogP contribution in [-0.2, 0) is 14.9 Å². The molecule has 0 aliphatic rings. The molecule has 3 nitrogen and oxygen atoms in total. The molecule has 112 valence electrons. The number of carbonyl (C=O) groups is 1. The maximum Gasteiger partial charge on any atom is 0.317 e. The number of benzene rings is 1. The van der Waals surface area contributed by atoms with Crippen molar-refractivity contribution < 1.29 is 9.53 Å². The van der Waals surface area contributed by atoms with Gasteiger partial charge in [0.25, 0.3) is 0 Å². The lowest BCUT2D eigenvalue weighted by molar-refractivity contribution is -0.148. The average Bonchev–Trinajstić information content (AvgIpc) is 2.44. The number of esters is 1. The Morgan fingerprint density at radius 2 is 2.15 bits per heavy atom. The molecule has 0 bridgehead atoms. The quantitative estimate of drug-likeness (QED) is 0.779. The summed E-state index contributed by atoms with van der Waals surface area (Å²) in [4.78, 5) is 12.4. The van der Waals surface area contributed by atoms with Crippen LogP contribution in [0.4, 0.5) is 0 Å². The summed E-state index contributed by atoms with van der Waals surface area (Å²) in [6.07, 6.45) is 2.93. The van der Waals surface area contributed by atoms with Gasteiger partial charge in [-0.3, -0.25) is 4.79 Å². The predicted octanol–water partition coefficient (Wildman–Crippen LogP) is 3.19. The van der Waals surface area contributed by atoms with Crippen LogP contribution in [0.15, 0.2) is 24.3 Å². The summed E-state index contributed by atoms with van der Waals surface area (Å²) in [6.45, 7) is 6.63. The van der Waals surface area contributed by atoms with Crippen LogP contribution in [0.25, 0.3) is 0 Å². The Kier molecular flexibility index (Phi) is 6.21. The molecule has 0 amide bonds. The third-order valence-electron chi connectivity index (χ3n) is 3.97. The zero-order valence-electron chi connectivity index (χ0n) is 13.1. The number of ether oxygens (including phenoxy) is 1. The second kappa shape index (κ2) is 7.44. The standard InChI is InChI=1S/C17H27NO2/c1-5-7-14(3)11-17(12-18,16(19)20-4)15-9-6-8-13(2)10-15/h6,8-10,14H,5,7,11-12,18H2,1-4H3. The molecule has 2 N–H and O–H groups in total. The van der Waals surface area contributed by atoms with E-state index in [2.05, 4.69) is 13.8 Å². The van der Waals surface area contributed by atoms with Gasteiger partial charge in [0.15, 0.2) is 0 Å². The number of hydrogen-bond acceptors (Lipinski definition) is 3. The second-order valence-corrected chi connectivity index (χ2v) is 5.75. The van der Waals surface area contributed by atoms with Gasteiger partial charge in [-0.05, 0) is 24.8 Å². The minimum atomic E-state index is -0.727. The predicted molar refractivity (Wildman–Crippen MR) is 82.6 cm³/mol. The maximum absolute atomic E-state index is 12.4. The van der Waals surface area contributed by atoms with Crippen molar-refractivity contribution in [2.75, 3.05) is 13.7 Å². The highest BCUT2D eigenvalue weighted by Gasteiger charge is 2.41. The van der Waals surface area contributed by atoms with Crippen molar-refractivity contribution in [3.8, 4) is 0 Å². The van der Waals surface area contributed by atoms with Crippen LogP contribution in [0.2, 0.25) is 0 Å². The Hall–Kier alpha value is -1.35. The average molecular weight is 277 g/mol. The number of hydrogen-bond donors (Lipinski definition) is 1. The van der Waals surface area contributed by atoms with Gasteiger partial charge in [0, 0.05) is 6.54 Å². The SMILES string of the molecule is CCCC(C)CC(CN)(C(=O)OC)c1cccc(C)c1. The van der Waals surface area contributed by atoms with Gasteiger partial charge >= 0.3 is 5.97 Å². The number of methoxy groups -OCH3 is 1. The van der Waals surface area contributed by atoms with Gasteiger partial charge in [-0.2, -0.15) is 0 Å². The van der Waals surface area contributed by atoms with Crippen LogP contribution in [-0.4, -0.2) is 19.6 Å². The molecule has 20 heavy (non-hydrogen) atoms. The molecule has 2 atom stereocenters. The molecular formula is C17H27NO2. The molecule has 0 saturated heterocycles. The van der Waals surface area contributed by atoms with E-state index in [-0.39, 0.29) is 12.5 Å². The van der Waals surface area contributed by atoms with Gasteiger partial charge in [-0.25, -0.2) is 0 Å². The van der Waals surface area contributed by atoms with Crippen molar-refractivity contribution in [2.45, 2.75) is 45.4 Å². The molecule has 1 aromatic carbocycles. The van der Waals surface area contributed by atoms with E-state index < -0.39 is 5.41 Å². The Morgan fingerprint density at radius 1 is 1.45 bits per heavy atom. The van der Waals surface area contributed by atoms with Crippen molar-refractivity contribution >= 4 is 5.97 Å². The molecule has 0 aliphatic carbocycles. The third-order valence-corrected chi connectivity index (χ3v) is 3.97. The first-order chi connectivity index (χ1) is 9.50. The minimum absolute atomic E-state index is 0.228. The van der Waals surface area contributed by atoms with Crippen molar-refractivity contribution in [1.82, 2.24) is 0 Å². The fraction of sp³-hybridized carbons (Fsp3) is 0.588. The molecule has 0 spiro atoms. The summed E-state index contributed by atoms with van der Waals surface area (Å²) in [6, 6.07) is 8.03. The van der Waals surface area contributed by atoms with Crippen molar-refractivity contribution in [3.63, 3.8) is 0 Å². The van der Waals surface area contributed by atoms with E-state index in [9.17, 15) is 4.79 Å². The summed E-state index contributed by atoms with van der Waals surface area (Å²) in [7, 11) is 1.44. The Bertz CT molecular complexity index is 444. The summed E-state index contributed by atoms with van der Waals surface area (Å²) in [5.41, 5.74) is 7.38. The molecule has 0 aliphatic heterocycles. The molecule has 2 unspecified atom stereocenters. The molecule has 0 heterocycles. The van der Waals surface area contributed by atoms with E-state index in [1.807, 2.05) is 31.2 Å². The summed E-state index contributed by atoms with van der Waals surface area (Å²) < 4.78 is 5.06. The molecule has 0 radical (unpaired) electrons. The largest absolute Gasteiger partial charge is 0.468 e. The topological polar surface area (TPSA) is 52.3 Å². The van der Waals surface area contributed by atoms with E-state index in [1.165, 1.54) is 7.11 Å². The molecule has 3 heteroatoms. The number of aryl methyl sites for hydroxylation is 1. The second-order valence-electron chi connectivity index (χ2n) is 5.75. The fourth-order valence-electron chi connectivity index (χ4n) is 2.93. The summed E-state index contributed by atoms with van der Waals surface area (Å²) in [5, 5.41) is 0. The molecule has 0 fully saturated rings. The van der Waals surface area contributed by atoms with E-state index in [4.69, 9.17) is 10.5 Å². The lowest BCUT2D eigenvalue weighted by atomic mass is 9.73. The highest BCUT2D eigenvalue weighted by Crippen LogP contribution is 2.34. The van der Waals surface area contributed by atoms with Crippen molar-refractivity contribution in [1.29, 1.82) is 0 Å². The number of carbonyl (C=O) groups excluding carboxylic acids is 1. The first-order valence-corrected chi connectivity index (χ1v) is 7.35. The normalized spacial score (nSPS) is 15.4. The van der Waals surface area contributed by atoms with Crippen LogP contribution >= 0.6 is 0 Å². The first kappa shape index (κ1) is 16.7. The maximum atomic E-state index is 12.4. The highest BCUT2D eigenvalue weighted by molar-refractivity contribution is 5.83. The van der Waals surface area contributed by atoms with E-state index in [0.717, 1.165) is 30.4 Å². The van der Waals surface area contributed by atoms with Crippen LogP contribution in [0.1, 0.15) is 44.2 Å². The van der Waals surface area contributed by atoms with Crippen LogP contribution in [0, 0.1) is 12.8 Å². The van der Waals surface area contributed by atoms with E-state index in [1.54, 1.807) is 0 Å². The fourth-order valence-corrected chi connectivity index (χ4v) is 2.93. The Morgan fingerprint density at radius 3 is 2.65 bits per heavy atom. The van der Waals surface area contributed by atoms with Crippen LogP contribution in [0.5, 0.6) is 0 Å². The smallest absolute Gasteiger partial charge is 0.317 e. The van der Waals surface area contributed by atoms with Gasteiger partial charge < -0.3 is 10.5 Å². The lowest BCUT2D eigenvalue weighted by Crippen LogP contribution is -2.45. The summed E-state index contributed by atoms with van der Waals surface area (Å²) >= 11 is 0. The first-order valence-electron chi connectivity index (χ1n) is 7.35. The van der Waals surface area contributed by atoms with Crippen LogP contribution < -0.4 is 5.73 Å². The molecular weight excluding hydrogens is 250 g/mol. The van der Waals surface area contributed by atoms with Crippen molar-refractivity contribution in [2.24, 2.45) is 11.7 Å². The zero-order chi connectivity index (χ0) is 15.2. The van der Waals surface area contributed by atoms with Gasteiger partial charge in [0.05, 0.1) is 7.11 Å². The lowest BCUT2D eigenvalue weighted by Gasteiger charge is -2.33. The van der Waals surface area contributed by atoms with Gasteiger partial charge in [-0.1, -0.05) is 56.5 Å². The van der Waals surface area contributed by atoms with Crippen molar-refractivity contribution in [3.05, 3.63) is 35.4 Å². The monoisotopic (exact) mass is 277 g/mol. The minimum Gasteiger partial charge on any atom is -0.468 e. The highest BCUT2D eigenvalue weighted by atomic mass is 16.5. The third kappa shape index (κ3) is 3.60. The number of nitrogens with two attached hydrogens (primary N) is 1. The number of rotatable bonds is 7. The van der Waals surface area contributed by atoms with E-state index in [0.29, 0.717) is 5.92 Å².